The number of nitro groups is 1. The van der Waals surface area contributed by atoms with Gasteiger partial charge in [-0.1, -0.05) is 11.8 Å². The number of hydrogen-bond donors (Lipinski definition) is 0. The van der Waals surface area contributed by atoms with Crippen molar-refractivity contribution in [1.82, 2.24) is 9.78 Å². The molecule has 16 heavy (non-hydrogen) atoms. The minimum atomic E-state index is -0.377. The van der Waals surface area contributed by atoms with Gasteiger partial charge in [-0.25, -0.2) is 4.68 Å². The van der Waals surface area contributed by atoms with Crippen molar-refractivity contribution in [1.29, 1.82) is 0 Å². The predicted octanol–water partition coefficient (Wildman–Crippen LogP) is 3.01. The smallest absolute Gasteiger partial charge is 0.258 e. The molecule has 0 bridgehead atoms. The summed E-state index contributed by atoms with van der Waals surface area (Å²) in [4.78, 5) is 10.6. The van der Waals surface area contributed by atoms with E-state index in [1.807, 2.05) is 13.8 Å². The molecule has 1 heterocycles. The first-order chi connectivity index (χ1) is 7.49. The van der Waals surface area contributed by atoms with Crippen LogP contribution < -0.4 is 0 Å². The van der Waals surface area contributed by atoms with E-state index in [-0.39, 0.29) is 16.7 Å². The van der Waals surface area contributed by atoms with Gasteiger partial charge < -0.3 is 0 Å². The Kier molecular flexibility index (Phi) is 4.61. The van der Waals surface area contributed by atoms with Gasteiger partial charge in [0.2, 0.25) is 0 Å². The van der Waals surface area contributed by atoms with Gasteiger partial charge in [0.05, 0.1) is 4.92 Å². The Morgan fingerprint density at radius 2 is 2.25 bits per heavy atom. The van der Waals surface area contributed by atoms with Crippen LogP contribution in [0.25, 0.3) is 0 Å². The van der Waals surface area contributed by atoms with E-state index in [2.05, 4.69) is 5.10 Å². The average molecular weight is 264 g/mol. The largest absolute Gasteiger partial charge is 0.323 e. The van der Waals surface area contributed by atoms with Crippen molar-refractivity contribution in [2.24, 2.45) is 0 Å². The van der Waals surface area contributed by atoms with Gasteiger partial charge in [-0.2, -0.15) is 5.10 Å². The highest BCUT2D eigenvalue weighted by atomic mass is 35.5. The summed E-state index contributed by atoms with van der Waals surface area (Å²) in [5.41, 5.74) is 0.555. The van der Waals surface area contributed by atoms with Crippen molar-refractivity contribution < 1.29 is 4.92 Å². The molecule has 1 aromatic heterocycles. The summed E-state index contributed by atoms with van der Waals surface area (Å²) in [7, 11) is 0. The van der Waals surface area contributed by atoms with Gasteiger partial charge in [0, 0.05) is 17.7 Å². The van der Waals surface area contributed by atoms with Gasteiger partial charge in [0.25, 0.3) is 0 Å². The molecule has 0 unspecified atom stereocenters. The molecule has 7 heteroatoms. The van der Waals surface area contributed by atoms with E-state index < -0.39 is 0 Å². The number of hydrogen-bond acceptors (Lipinski definition) is 4. The molecule has 90 valence electrons. The fraction of sp³-hybridized carbons (Fsp3) is 0.667. The molecule has 0 N–H and O–H groups in total. The molecule has 0 saturated carbocycles. The number of aromatic nitrogens is 2. The van der Waals surface area contributed by atoms with E-state index in [4.69, 9.17) is 11.6 Å². The van der Waals surface area contributed by atoms with Gasteiger partial charge in [-0.3, -0.25) is 10.1 Å². The first kappa shape index (κ1) is 13.3. The molecule has 0 atom stereocenters. The van der Waals surface area contributed by atoms with Crippen molar-refractivity contribution in [3.05, 3.63) is 15.8 Å². The number of alkyl halides is 1. The predicted molar refractivity (Wildman–Crippen MR) is 65.4 cm³/mol. The van der Waals surface area contributed by atoms with Crippen LogP contribution in [-0.2, 0) is 0 Å². The van der Waals surface area contributed by atoms with Crippen LogP contribution in [0.15, 0.2) is 5.03 Å². The highest BCUT2D eigenvalue weighted by molar-refractivity contribution is 7.99. The number of thioether (sulfide) groups is 1. The van der Waals surface area contributed by atoms with Crippen molar-refractivity contribution in [3.63, 3.8) is 0 Å². The lowest BCUT2D eigenvalue weighted by molar-refractivity contribution is -0.388. The maximum atomic E-state index is 10.9. The topological polar surface area (TPSA) is 61.0 Å². The minimum Gasteiger partial charge on any atom is -0.258 e. The van der Waals surface area contributed by atoms with Crippen molar-refractivity contribution >= 4 is 29.1 Å². The van der Waals surface area contributed by atoms with Gasteiger partial charge in [0.1, 0.15) is 5.69 Å². The molecule has 0 aliphatic heterocycles. The molecule has 1 rings (SSSR count). The standard InChI is InChI=1S/C9H14ClN3O2S/c1-6(2)12-9(16-5-4-10)8(13(14)15)7(3)11-12/h6H,4-5H2,1-3H3. The highest BCUT2D eigenvalue weighted by Crippen LogP contribution is 2.33. The van der Waals surface area contributed by atoms with E-state index in [9.17, 15) is 10.1 Å². The third kappa shape index (κ3) is 2.68. The van der Waals surface area contributed by atoms with Gasteiger partial charge in [0.15, 0.2) is 5.03 Å². The number of rotatable bonds is 5. The quantitative estimate of drug-likeness (QED) is 0.355. The normalized spacial score (nSPS) is 11.1. The Labute approximate surface area is 103 Å². The van der Waals surface area contributed by atoms with Crippen LogP contribution >= 0.6 is 23.4 Å². The Balaban J connectivity index is 3.20. The third-order valence-electron chi connectivity index (χ3n) is 2.00. The summed E-state index contributed by atoms with van der Waals surface area (Å²) < 4.78 is 1.69. The van der Waals surface area contributed by atoms with Crippen LogP contribution in [0.5, 0.6) is 0 Å². The van der Waals surface area contributed by atoms with Gasteiger partial charge in [-0.15, -0.1) is 11.6 Å². The van der Waals surface area contributed by atoms with Gasteiger partial charge in [-0.05, 0) is 20.8 Å². The third-order valence-corrected chi connectivity index (χ3v) is 3.47. The molecule has 0 spiro atoms. The lowest BCUT2D eigenvalue weighted by Crippen LogP contribution is -2.05. The van der Waals surface area contributed by atoms with Crippen molar-refractivity contribution in [2.75, 3.05) is 11.6 Å². The zero-order chi connectivity index (χ0) is 12.3. The van der Waals surface area contributed by atoms with E-state index in [1.54, 1.807) is 11.6 Å². The monoisotopic (exact) mass is 263 g/mol. The second-order valence-corrected chi connectivity index (χ2v) is 5.03. The van der Waals surface area contributed by atoms with E-state index in [1.165, 1.54) is 11.8 Å². The van der Waals surface area contributed by atoms with E-state index >= 15 is 0 Å². The summed E-state index contributed by atoms with van der Waals surface area (Å²) in [5.74, 6) is 1.10. The second-order valence-electron chi connectivity index (χ2n) is 3.57. The number of aryl methyl sites for hydroxylation is 1. The van der Waals surface area contributed by atoms with Crippen LogP contribution in [-0.4, -0.2) is 26.3 Å². The average Bonchev–Trinajstić information content (AvgIpc) is 2.52. The van der Waals surface area contributed by atoms with Crippen LogP contribution in [0.1, 0.15) is 25.6 Å². The fourth-order valence-electron chi connectivity index (χ4n) is 1.35. The molecule has 0 amide bonds. The van der Waals surface area contributed by atoms with Crippen molar-refractivity contribution in [3.8, 4) is 0 Å². The fourth-order valence-corrected chi connectivity index (χ4v) is 2.59. The zero-order valence-corrected chi connectivity index (χ0v) is 11.0. The Bertz CT molecular complexity index is 392. The minimum absolute atomic E-state index is 0.101. The molecule has 0 aromatic carbocycles. The summed E-state index contributed by atoms with van der Waals surface area (Å²) in [6.07, 6.45) is 0. The molecule has 5 nitrogen and oxygen atoms in total. The van der Waals surface area contributed by atoms with Crippen LogP contribution in [0.4, 0.5) is 5.69 Å². The lowest BCUT2D eigenvalue weighted by Gasteiger charge is -2.08. The van der Waals surface area contributed by atoms with Crippen molar-refractivity contribution in [2.45, 2.75) is 31.8 Å². The molecule has 0 radical (unpaired) electrons. The maximum Gasteiger partial charge on any atom is 0.323 e. The summed E-state index contributed by atoms with van der Waals surface area (Å²) in [6.45, 7) is 5.55. The summed E-state index contributed by atoms with van der Waals surface area (Å²) >= 11 is 6.98. The Morgan fingerprint density at radius 3 is 2.69 bits per heavy atom. The first-order valence-electron chi connectivity index (χ1n) is 4.91. The highest BCUT2D eigenvalue weighted by Gasteiger charge is 2.26. The molecular weight excluding hydrogens is 250 g/mol. The molecule has 0 aliphatic rings. The van der Waals surface area contributed by atoms with Crippen LogP contribution in [0.2, 0.25) is 0 Å². The molecule has 1 aromatic rings. The van der Waals surface area contributed by atoms with Crippen LogP contribution in [0.3, 0.4) is 0 Å². The molecule has 0 aliphatic carbocycles. The second kappa shape index (κ2) is 5.54. The van der Waals surface area contributed by atoms with E-state index in [0.717, 1.165) is 0 Å². The Hall–Kier alpha value is -0.750. The molecular formula is C9H14ClN3O2S. The molecule has 0 fully saturated rings. The number of halogens is 1. The van der Waals surface area contributed by atoms with Crippen LogP contribution in [0, 0.1) is 17.0 Å². The molecule has 0 saturated heterocycles. The Morgan fingerprint density at radius 1 is 1.62 bits per heavy atom. The SMILES string of the molecule is Cc1nn(C(C)C)c(SCCCl)c1[N+](=O)[O-]. The lowest BCUT2D eigenvalue weighted by atomic mass is 10.4. The first-order valence-corrected chi connectivity index (χ1v) is 6.43. The summed E-state index contributed by atoms with van der Waals surface area (Å²) in [5, 5.41) is 15.7. The summed E-state index contributed by atoms with van der Waals surface area (Å²) in [6, 6.07) is 0.102. The number of nitrogens with zero attached hydrogens (tertiary/aromatic N) is 3. The zero-order valence-electron chi connectivity index (χ0n) is 9.44. The maximum absolute atomic E-state index is 10.9. The van der Waals surface area contributed by atoms with E-state index in [0.29, 0.717) is 22.4 Å². The van der Waals surface area contributed by atoms with Gasteiger partial charge >= 0.3 is 5.69 Å².